The average Bonchev–Trinajstić information content (AvgIpc) is 3.59. The van der Waals surface area contributed by atoms with E-state index in [4.69, 9.17) is 4.74 Å². The van der Waals surface area contributed by atoms with E-state index >= 15 is 0 Å². The molecule has 0 spiro atoms. The highest BCUT2D eigenvalue weighted by Crippen LogP contribution is 2.49. The first kappa shape index (κ1) is 20.0. The van der Waals surface area contributed by atoms with Crippen molar-refractivity contribution in [2.45, 2.75) is 45.4 Å². The molecule has 2 aromatic carbocycles. The predicted molar refractivity (Wildman–Crippen MR) is 112 cm³/mol. The maximum atomic E-state index is 12.6. The normalized spacial score (nSPS) is 22.6. The summed E-state index contributed by atoms with van der Waals surface area (Å²) in [4.78, 5) is 27.0. The second-order valence-electron chi connectivity index (χ2n) is 8.15. The number of rotatable bonds is 4. The van der Waals surface area contributed by atoms with Gasteiger partial charge in [0.25, 0.3) is 0 Å². The summed E-state index contributed by atoms with van der Waals surface area (Å²) in [5.41, 5.74) is 2.96. The minimum atomic E-state index is -0.505. The second-order valence-corrected chi connectivity index (χ2v) is 8.15. The molecule has 2 amide bonds. The molecular weight excluding hydrogens is 378 g/mol. The van der Waals surface area contributed by atoms with E-state index in [0.717, 1.165) is 29.7 Å². The van der Waals surface area contributed by atoms with Crippen LogP contribution in [-0.4, -0.2) is 18.0 Å². The van der Waals surface area contributed by atoms with E-state index in [1.807, 2.05) is 41.3 Å². The second kappa shape index (κ2) is 8.19. The van der Waals surface area contributed by atoms with Crippen LogP contribution < -0.4 is 10.2 Å². The van der Waals surface area contributed by atoms with Crippen LogP contribution in [0.2, 0.25) is 0 Å². The molecule has 1 aliphatic carbocycles. The lowest BCUT2D eigenvalue weighted by atomic mass is 9.79. The summed E-state index contributed by atoms with van der Waals surface area (Å²) in [6, 6.07) is 16.7. The highest BCUT2D eigenvalue weighted by atomic mass is 16.5. The zero-order chi connectivity index (χ0) is 21.3. The summed E-state index contributed by atoms with van der Waals surface area (Å²) in [6.07, 6.45) is 1.65. The Morgan fingerprint density at radius 3 is 2.57 bits per heavy atom. The molecule has 1 aliphatic heterocycles. The van der Waals surface area contributed by atoms with Crippen molar-refractivity contribution in [1.29, 1.82) is 5.26 Å². The molecule has 1 saturated carbocycles. The molecule has 0 aromatic heterocycles. The van der Waals surface area contributed by atoms with Gasteiger partial charge in [-0.3, -0.25) is 4.79 Å². The van der Waals surface area contributed by atoms with Gasteiger partial charge in [0.2, 0.25) is 5.91 Å². The van der Waals surface area contributed by atoms with Gasteiger partial charge in [-0.1, -0.05) is 37.3 Å². The van der Waals surface area contributed by atoms with Gasteiger partial charge in [0.1, 0.15) is 6.61 Å². The monoisotopic (exact) mass is 403 g/mol. The van der Waals surface area contributed by atoms with Crippen LogP contribution in [-0.2, 0) is 16.1 Å². The van der Waals surface area contributed by atoms with Gasteiger partial charge >= 0.3 is 6.09 Å². The topological polar surface area (TPSA) is 82.4 Å². The minimum absolute atomic E-state index is 0.00730. The first-order valence-electron chi connectivity index (χ1n) is 10.3. The summed E-state index contributed by atoms with van der Waals surface area (Å²) >= 11 is 0. The highest BCUT2D eigenvalue weighted by Gasteiger charge is 2.48. The number of hydrogen-bond acceptors (Lipinski definition) is 4. The predicted octanol–water partition coefficient (Wildman–Crippen LogP) is 4.31. The third-order valence-corrected chi connectivity index (χ3v) is 6.04. The van der Waals surface area contributed by atoms with E-state index in [0.29, 0.717) is 11.5 Å². The Labute approximate surface area is 176 Å². The van der Waals surface area contributed by atoms with Crippen molar-refractivity contribution in [3.63, 3.8) is 0 Å². The van der Waals surface area contributed by atoms with Crippen molar-refractivity contribution in [2.24, 2.45) is 11.8 Å². The van der Waals surface area contributed by atoms with Gasteiger partial charge in [-0.05, 0) is 48.1 Å². The molecular formula is C24H25N3O3. The van der Waals surface area contributed by atoms with E-state index < -0.39 is 6.09 Å². The zero-order valence-corrected chi connectivity index (χ0v) is 17.2. The van der Waals surface area contributed by atoms with E-state index in [1.54, 1.807) is 19.1 Å². The van der Waals surface area contributed by atoms with Gasteiger partial charge < -0.3 is 15.0 Å². The molecule has 3 atom stereocenters. The van der Waals surface area contributed by atoms with Crippen LogP contribution in [0.15, 0.2) is 48.5 Å². The van der Waals surface area contributed by atoms with Crippen LogP contribution in [0.3, 0.4) is 0 Å². The molecule has 0 bridgehead atoms. The summed E-state index contributed by atoms with van der Waals surface area (Å²) in [5.74, 6) is 0.402. The number of carbonyl (C=O) groups excluding carboxylic acids is 2. The number of benzene rings is 2. The highest BCUT2D eigenvalue weighted by molar-refractivity contribution is 5.94. The summed E-state index contributed by atoms with van der Waals surface area (Å²) < 4.78 is 5.44. The molecule has 2 aliphatic rings. The standard InChI is InChI=1S/C24H25N3O3/c1-15-22(26-24(29)30-14-17-6-4-3-5-7-17)20-12-18(13-25)8-11-21(20)27(16(2)28)23(15)19-9-10-19/h3-8,11-12,15,19,22-23H,9-10,14H2,1-2H3,(H,26,29)/t15-,22-,23?/m1/s1. The zero-order valence-electron chi connectivity index (χ0n) is 17.2. The number of amides is 2. The van der Waals surface area contributed by atoms with Gasteiger partial charge in [0.05, 0.1) is 17.7 Å². The Bertz CT molecular complexity index is 995. The number of anilines is 1. The number of nitriles is 1. The Hall–Kier alpha value is -3.33. The van der Waals surface area contributed by atoms with Gasteiger partial charge in [-0.2, -0.15) is 5.26 Å². The average molecular weight is 403 g/mol. The maximum absolute atomic E-state index is 12.6. The van der Waals surface area contributed by atoms with Gasteiger partial charge in [-0.25, -0.2) is 4.79 Å². The molecule has 4 rings (SSSR count). The smallest absolute Gasteiger partial charge is 0.407 e. The third-order valence-electron chi connectivity index (χ3n) is 6.04. The Morgan fingerprint density at radius 1 is 1.20 bits per heavy atom. The first-order valence-corrected chi connectivity index (χ1v) is 10.3. The first-order chi connectivity index (χ1) is 14.5. The molecule has 1 unspecified atom stereocenters. The molecule has 1 N–H and O–H groups in total. The Morgan fingerprint density at radius 2 is 1.93 bits per heavy atom. The van der Waals surface area contributed by atoms with Crippen molar-refractivity contribution < 1.29 is 14.3 Å². The van der Waals surface area contributed by atoms with Crippen LogP contribution in [0, 0.1) is 23.2 Å². The Balaban J connectivity index is 1.62. The fraction of sp³-hybridized carbons (Fsp3) is 0.375. The van der Waals surface area contributed by atoms with Crippen LogP contribution in [0.25, 0.3) is 0 Å². The van der Waals surface area contributed by atoms with Gasteiger partial charge in [0, 0.05) is 24.6 Å². The van der Waals surface area contributed by atoms with Crippen molar-refractivity contribution in [3.8, 4) is 6.07 Å². The SMILES string of the molecule is CC(=O)N1c2ccc(C#N)cc2[C@H](NC(=O)OCc2ccccc2)[C@@H](C)C1C1CC1. The van der Waals surface area contributed by atoms with Crippen LogP contribution in [0.4, 0.5) is 10.5 Å². The molecule has 6 nitrogen and oxygen atoms in total. The maximum Gasteiger partial charge on any atom is 0.407 e. The quantitative estimate of drug-likeness (QED) is 0.825. The van der Waals surface area contributed by atoms with Crippen molar-refractivity contribution in [3.05, 3.63) is 65.2 Å². The van der Waals surface area contributed by atoms with Crippen LogP contribution >= 0.6 is 0 Å². The van der Waals surface area contributed by atoms with Crippen molar-refractivity contribution in [2.75, 3.05) is 4.90 Å². The fourth-order valence-corrected chi connectivity index (χ4v) is 4.53. The lowest BCUT2D eigenvalue weighted by Crippen LogP contribution is -2.53. The van der Waals surface area contributed by atoms with Crippen LogP contribution in [0.1, 0.15) is 49.4 Å². The Kier molecular flexibility index (Phi) is 5.45. The lowest BCUT2D eigenvalue weighted by Gasteiger charge is -2.45. The van der Waals surface area contributed by atoms with E-state index in [1.165, 1.54) is 0 Å². The molecule has 2 aromatic rings. The number of ether oxygens (including phenoxy) is 1. The molecule has 30 heavy (non-hydrogen) atoms. The summed E-state index contributed by atoms with van der Waals surface area (Å²) in [6.45, 7) is 3.82. The summed E-state index contributed by atoms with van der Waals surface area (Å²) in [5, 5.41) is 12.4. The third kappa shape index (κ3) is 3.88. The number of hydrogen-bond donors (Lipinski definition) is 1. The molecule has 154 valence electrons. The van der Waals surface area contributed by atoms with Crippen LogP contribution in [0.5, 0.6) is 0 Å². The van der Waals surface area contributed by atoms with Crippen molar-refractivity contribution in [1.82, 2.24) is 5.32 Å². The van der Waals surface area contributed by atoms with E-state index in [9.17, 15) is 14.9 Å². The fourth-order valence-electron chi connectivity index (χ4n) is 4.53. The van der Waals surface area contributed by atoms with Gasteiger partial charge in [0.15, 0.2) is 0 Å². The molecule has 0 radical (unpaired) electrons. The molecule has 1 heterocycles. The largest absolute Gasteiger partial charge is 0.445 e. The number of fused-ring (bicyclic) bond motifs is 1. The number of nitrogens with zero attached hydrogens (tertiary/aromatic N) is 2. The molecule has 1 fully saturated rings. The molecule has 6 heteroatoms. The molecule has 0 saturated heterocycles. The lowest BCUT2D eigenvalue weighted by molar-refractivity contribution is -0.117. The number of carbonyl (C=O) groups is 2. The van der Waals surface area contributed by atoms with Gasteiger partial charge in [-0.15, -0.1) is 0 Å². The number of nitrogens with one attached hydrogen (secondary N) is 1. The summed E-state index contributed by atoms with van der Waals surface area (Å²) in [7, 11) is 0. The number of alkyl carbamates (subject to hydrolysis) is 1. The van der Waals surface area contributed by atoms with Crippen molar-refractivity contribution >= 4 is 17.7 Å². The van der Waals surface area contributed by atoms with E-state index in [-0.39, 0.29) is 30.5 Å². The minimum Gasteiger partial charge on any atom is -0.445 e. The van der Waals surface area contributed by atoms with E-state index in [2.05, 4.69) is 18.3 Å².